The van der Waals surface area contributed by atoms with E-state index in [1.54, 1.807) is 24.1 Å². The number of H-pyrrole nitrogens is 1. The second-order valence-electron chi connectivity index (χ2n) is 9.99. The van der Waals surface area contributed by atoms with E-state index in [1.165, 1.54) is 0 Å². The molecule has 0 aliphatic carbocycles. The van der Waals surface area contributed by atoms with Gasteiger partial charge in [-0.2, -0.15) is 5.10 Å². The number of rotatable bonds is 5. The SMILES string of the molecule is COc1ccccc1NC(=O)N1Cc2c(NC(=O)c3ccc(N4CCN(C)CC4)cc3)n[nH]c2C1(C)C. The quantitative estimate of drug-likeness (QED) is 0.490. The van der Waals surface area contributed by atoms with Crippen LogP contribution in [0.25, 0.3) is 0 Å². The first kappa shape index (κ1) is 24.6. The van der Waals surface area contributed by atoms with Crippen molar-refractivity contribution < 1.29 is 14.3 Å². The maximum atomic E-state index is 13.2. The zero-order chi connectivity index (χ0) is 26.2. The van der Waals surface area contributed by atoms with Crippen molar-refractivity contribution in [3.63, 3.8) is 0 Å². The molecule has 0 bridgehead atoms. The van der Waals surface area contributed by atoms with Crippen LogP contribution in [0.5, 0.6) is 5.75 Å². The largest absolute Gasteiger partial charge is 0.495 e. The number of aromatic nitrogens is 2. The van der Waals surface area contributed by atoms with Gasteiger partial charge in [0.05, 0.1) is 30.6 Å². The lowest BCUT2D eigenvalue weighted by molar-refractivity contribution is 0.102. The molecule has 2 aliphatic heterocycles. The molecule has 1 saturated heterocycles. The first-order valence-electron chi connectivity index (χ1n) is 12.4. The maximum absolute atomic E-state index is 13.2. The fourth-order valence-electron chi connectivity index (χ4n) is 4.94. The van der Waals surface area contributed by atoms with Gasteiger partial charge in [0.1, 0.15) is 5.75 Å². The summed E-state index contributed by atoms with van der Waals surface area (Å²) >= 11 is 0. The Morgan fingerprint density at radius 3 is 2.41 bits per heavy atom. The van der Waals surface area contributed by atoms with E-state index in [1.807, 2.05) is 50.2 Å². The number of benzene rings is 2. The third-order valence-electron chi connectivity index (χ3n) is 7.29. The first-order chi connectivity index (χ1) is 17.8. The number of methoxy groups -OCH3 is 1. The summed E-state index contributed by atoms with van der Waals surface area (Å²) in [5, 5.41) is 13.3. The molecule has 3 N–H and O–H groups in total. The van der Waals surface area contributed by atoms with Crippen LogP contribution in [-0.4, -0.2) is 72.3 Å². The minimum Gasteiger partial charge on any atom is -0.495 e. The molecule has 5 rings (SSSR count). The second kappa shape index (κ2) is 9.78. The Bertz CT molecular complexity index is 1290. The number of aromatic amines is 1. The molecule has 0 spiro atoms. The normalized spacial score (nSPS) is 16.9. The van der Waals surface area contributed by atoms with Crippen molar-refractivity contribution in [1.29, 1.82) is 0 Å². The number of para-hydroxylation sites is 2. The molecule has 1 aromatic heterocycles. The molecule has 2 aliphatic rings. The lowest BCUT2D eigenvalue weighted by Gasteiger charge is -2.34. The monoisotopic (exact) mass is 503 g/mol. The minimum absolute atomic E-state index is 0.242. The van der Waals surface area contributed by atoms with Crippen molar-refractivity contribution in [3.05, 3.63) is 65.4 Å². The molecule has 0 atom stereocenters. The average molecular weight is 504 g/mol. The van der Waals surface area contributed by atoms with Crippen molar-refractivity contribution in [3.8, 4) is 5.75 Å². The number of fused-ring (bicyclic) bond motifs is 1. The van der Waals surface area contributed by atoms with E-state index in [-0.39, 0.29) is 11.9 Å². The van der Waals surface area contributed by atoms with Crippen LogP contribution in [0.1, 0.15) is 35.5 Å². The number of carbonyl (C=O) groups is 2. The molecule has 1 fully saturated rings. The fraction of sp³-hybridized carbons (Fsp3) is 0.370. The molecule has 0 saturated carbocycles. The number of likely N-dealkylation sites (N-methyl/N-ethyl adjacent to an activating group) is 1. The fourth-order valence-corrected chi connectivity index (χ4v) is 4.94. The van der Waals surface area contributed by atoms with E-state index in [0.717, 1.165) is 43.1 Å². The molecule has 0 radical (unpaired) electrons. The summed E-state index contributed by atoms with van der Waals surface area (Å²) in [5.41, 5.74) is 3.20. The average Bonchev–Trinajstić information content (AvgIpc) is 3.42. The standard InChI is InChI=1S/C27H33N7O3/c1-27(2)23-20(17-34(27)26(36)28-21-7-5-6-8-22(21)37-4)24(31-30-23)29-25(35)18-9-11-19(12-10-18)33-15-13-32(3)14-16-33/h5-12H,13-17H2,1-4H3,(H,28,36)(H2,29,30,31,35). The summed E-state index contributed by atoms with van der Waals surface area (Å²) < 4.78 is 5.36. The van der Waals surface area contributed by atoms with Gasteiger partial charge in [0, 0.05) is 43.0 Å². The summed E-state index contributed by atoms with van der Waals surface area (Å²) in [6, 6.07) is 14.7. The number of amides is 3. The van der Waals surface area contributed by atoms with Gasteiger partial charge >= 0.3 is 6.03 Å². The predicted octanol–water partition coefficient (Wildman–Crippen LogP) is 3.71. The van der Waals surface area contributed by atoms with Gasteiger partial charge in [0.15, 0.2) is 5.82 Å². The third-order valence-corrected chi connectivity index (χ3v) is 7.29. The molecule has 3 heterocycles. The zero-order valence-corrected chi connectivity index (χ0v) is 21.7. The number of nitrogens with zero attached hydrogens (tertiary/aromatic N) is 4. The predicted molar refractivity (Wildman–Crippen MR) is 143 cm³/mol. The molecule has 10 heteroatoms. The maximum Gasteiger partial charge on any atom is 0.323 e. The van der Waals surface area contributed by atoms with Crippen molar-refractivity contribution in [2.24, 2.45) is 0 Å². The van der Waals surface area contributed by atoms with Gasteiger partial charge in [-0.25, -0.2) is 4.79 Å². The highest BCUT2D eigenvalue weighted by molar-refractivity contribution is 6.04. The van der Waals surface area contributed by atoms with E-state index in [0.29, 0.717) is 29.4 Å². The van der Waals surface area contributed by atoms with Crippen LogP contribution in [-0.2, 0) is 12.1 Å². The molecule has 2 aromatic carbocycles. The minimum atomic E-state index is -0.651. The highest BCUT2D eigenvalue weighted by Gasteiger charge is 2.44. The highest BCUT2D eigenvalue weighted by atomic mass is 16.5. The highest BCUT2D eigenvalue weighted by Crippen LogP contribution is 2.41. The van der Waals surface area contributed by atoms with Gasteiger partial charge in [0.2, 0.25) is 0 Å². The number of carbonyl (C=O) groups excluding carboxylic acids is 2. The lowest BCUT2D eigenvalue weighted by Crippen LogP contribution is -2.44. The van der Waals surface area contributed by atoms with Gasteiger partial charge in [-0.1, -0.05) is 12.1 Å². The number of nitrogens with one attached hydrogen (secondary N) is 3. The summed E-state index contributed by atoms with van der Waals surface area (Å²) in [4.78, 5) is 32.6. The zero-order valence-electron chi connectivity index (χ0n) is 21.7. The Morgan fingerprint density at radius 1 is 1.00 bits per heavy atom. The van der Waals surface area contributed by atoms with Gasteiger partial charge in [-0.05, 0) is 57.3 Å². The van der Waals surface area contributed by atoms with Gasteiger partial charge in [-0.15, -0.1) is 0 Å². The summed E-state index contributed by atoms with van der Waals surface area (Å²) in [6.07, 6.45) is 0. The van der Waals surface area contributed by atoms with E-state index < -0.39 is 5.54 Å². The Balaban J connectivity index is 1.27. The molecule has 10 nitrogen and oxygen atoms in total. The van der Waals surface area contributed by atoms with Crippen molar-refractivity contribution >= 4 is 29.1 Å². The Kier molecular flexibility index (Phi) is 6.51. The molecule has 3 amide bonds. The number of hydrogen-bond donors (Lipinski definition) is 3. The molecule has 3 aromatic rings. The van der Waals surface area contributed by atoms with Crippen molar-refractivity contribution in [1.82, 2.24) is 20.0 Å². The summed E-state index contributed by atoms with van der Waals surface area (Å²) in [5.74, 6) is 0.775. The van der Waals surface area contributed by atoms with Gasteiger partial charge < -0.3 is 30.1 Å². The van der Waals surface area contributed by atoms with Crippen LogP contribution >= 0.6 is 0 Å². The summed E-state index contributed by atoms with van der Waals surface area (Å²) in [6.45, 7) is 8.19. The van der Waals surface area contributed by atoms with Crippen LogP contribution in [0.15, 0.2) is 48.5 Å². The van der Waals surface area contributed by atoms with Crippen LogP contribution in [0.3, 0.4) is 0 Å². The number of hydrogen-bond acceptors (Lipinski definition) is 6. The van der Waals surface area contributed by atoms with Gasteiger partial charge in [0.25, 0.3) is 5.91 Å². The first-order valence-corrected chi connectivity index (χ1v) is 12.4. The number of piperazine rings is 1. The lowest BCUT2D eigenvalue weighted by atomic mass is 10.0. The number of ether oxygens (including phenoxy) is 1. The second-order valence-corrected chi connectivity index (χ2v) is 9.99. The van der Waals surface area contributed by atoms with Gasteiger partial charge in [-0.3, -0.25) is 9.89 Å². The molecular formula is C27H33N7O3. The molecule has 37 heavy (non-hydrogen) atoms. The number of urea groups is 1. The smallest absolute Gasteiger partial charge is 0.323 e. The third kappa shape index (κ3) is 4.72. The van der Waals surface area contributed by atoms with Crippen LogP contribution in [0.4, 0.5) is 22.0 Å². The molecule has 0 unspecified atom stereocenters. The van der Waals surface area contributed by atoms with Crippen molar-refractivity contribution in [2.45, 2.75) is 25.9 Å². The van der Waals surface area contributed by atoms with Crippen LogP contribution < -0.4 is 20.3 Å². The van der Waals surface area contributed by atoms with Crippen LogP contribution in [0.2, 0.25) is 0 Å². The van der Waals surface area contributed by atoms with E-state index in [4.69, 9.17) is 4.74 Å². The molecular weight excluding hydrogens is 470 g/mol. The number of anilines is 3. The Labute approximate surface area is 216 Å². The Hall–Kier alpha value is -4.05. The van der Waals surface area contributed by atoms with Crippen molar-refractivity contribution in [2.75, 3.05) is 55.9 Å². The van der Waals surface area contributed by atoms with E-state index in [2.05, 4.69) is 37.7 Å². The topological polar surface area (TPSA) is 106 Å². The van der Waals surface area contributed by atoms with E-state index in [9.17, 15) is 9.59 Å². The van der Waals surface area contributed by atoms with Crippen LogP contribution in [0, 0.1) is 0 Å². The van der Waals surface area contributed by atoms with E-state index >= 15 is 0 Å². The molecule has 194 valence electrons. The Morgan fingerprint density at radius 2 is 1.70 bits per heavy atom. The summed E-state index contributed by atoms with van der Waals surface area (Å²) in [7, 11) is 3.69.